The molecule has 17 heavy (non-hydrogen) atoms. The quantitative estimate of drug-likeness (QED) is 0.737. The number of benzene rings is 1. The number of ether oxygens (including phenoxy) is 1. The van der Waals surface area contributed by atoms with Crippen LogP contribution in [-0.2, 0) is 0 Å². The van der Waals surface area contributed by atoms with Crippen LogP contribution in [0.1, 0.15) is 21.8 Å². The number of Topliss-reactive ketones (excluding diaryl/α,β-unsaturated/α-hetero) is 1. The van der Waals surface area contributed by atoms with E-state index in [1.165, 1.54) is 0 Å². The molecule has 3 heteroatoms. The first kappa shape index (κ1) is 10.0. The smallest absolute Gasteiger partial charge is 0.175 e. The summed E-state index contributed by atoms with van der Waals surface area (Å²) in [5.74, 6) is 0.688. The standard InChI is InChI=1S/C14H11NO2/c16-14(10-4-3-7-15-8-10)12-9-17-13-6-2-1-5-11(12)13/h1-8,12H,9H2. The van der Waals surface area contributed by atoms with E-state index in [1.807, 2.05) is 24.3 Å². The minimum atomic E-state index is -0.199. The number of carbonyl (C=O) groups is 1. The maximum Gasteiger partial charge on any atom is 0.175 e. The summed E-state index contributed by atoms with van der Waals surface area (Å²) in [6.45, 7) is 0.424. The average Bonchev–Trinajstić information content (AvgIpc) is 2.83. The maximum absolute atomic E-state index is 12.3. The molecule has 3 rings (SSSR count). The molecular weight excluding hydrogens is 214 g/mol. The van der Waals surface area contributed by atoms with Gasteiger partial charge in [-0.05, 0) is 18.2 Å². The Morgan fingerprint density at radius 2 is 2.12 bits per heavy atom. The van der Waals surface area contributed by atoms with Crippen LogP contribution in [0.25, 0.3) is 0 Å². The molecule has 0 saturated heterocycles. The monoisotopic (exact) mass is 225 g/mol. The van der Waals surface area contributed by atoms with Crippen LogP contribution in [-0.4, -0.2) is 17.4 Å². The summed E-state index contributed by atoms with van der Waals surface area (Å²) in [4.78, 5) is 16.3. The third-order valence-corrected chi connectivity index (χ3v) is 2.96. The van der Waals surface area contributed by atoms with Crippen molar-refractivity contribution >= 4 is 5.78 Å². The minimum absolute atomic E-state index is 0.0723. The number of para-hydroxylation sites is 1. The zero-order valence-corrected chi connectivity index (χ0v) is 9.17. The second kappa shape index (κ2) is 4.01. The molecule has 0 fully saturated rings. The van der Waals surface area contributed by atoms with Gasteiger partial charge in [-0.15, -0.1) is 0 Å². The first-order valence-corrected chi connectivity index (χ1v) is 5.52. The molecule has 0 spiro atoms. The molecule has 2 heterocycles. The van der Waals surface area contributed by atoms with Gasteiger partial charge >= 0.3 is 0 Å². The van der Waals surface area contributed by atoms with E-state index in [2.05, 4.69) is 4.98 Å². The summed E-state index contributed by atoms with van der Waals surface area (Å²) >= 11 is 0. The fraction of sp³-hybridized carbons (Fsp3) is 0.143. The molecule has 84 valence electrons. The molecule has 1 aliphatic rings. The van der Waals surface area contributed by atoms with Crippen molar-refractivity contribution in [2.24, 2.45) is 0 Å². The lowest BCUT2D eigenvalue weighted by Crippen LogP contribution is -2.14. The van der Waals surface area contributed by atoms with Crippen LogP contribution >= 0.6 is 0 Å². The van der Waals surface area contributed by atoms with E-state index >= 15 is 0 Å². The van der Waals surface area contributed by atoms with Crippen LogP contribution in [0.2, 0.25) is 0 Å². The van der Waals surface area contributed by atoms with Crippen molar-refractivity contribution in [2.45, 2.75) is 5.92 Å². The van der Waals surface area contributed by atoms with Crippen LogP contribution < -0.4 is 4.74 Å². The van der Waals surface area contributed by atoms with Crippen LogP contribution in [0, 0.1) is 0 Å². The Labute approximate surface area is 99.1 Å². The van der Waals surface area contributed by atoms with Gasteiger partial charge in [0.25, 0.3) is 0 Å². The number of ketones is 1. The number of pyridine rings is 1. The summed E-state index contributed by atoms with van der Waals surface area (Å²) in [5.41, 5.74) is 1.61. The highest BCUT2D eigenvalue weighted by Gasteiger charge is 2.30. The minimum Gasteiger partial charge on any atom is -0.492 e. The lowest BCUT2D eigenvalue weighted by molar-refractivity contribution is 0.0947. The Hall–Kier alpha value is -2.16. The molecular formula is C14H11NO2. The van der Waals surface area contributed by atoms with Crippen molar-refractivity contribution in [3.63, 3.8) is 0 Å². The fourth-order valence-electron chi connectivity index (χ4n) is 2.09. The van der Waals surface area contributed by atoms with Gasteiger partial charge in [-0.2, -0.15) is 0 Å². The Balaban J connectivity index is 1.95. The molecule has 0 radical (unpaired) electrons. The van der Waals surface area contributed by atoms with Gasteiger partial charge in [-0.25, -0.2) is 0 Å². The molecule has 0 N–H and O–H groups in total. The molecule has 1 aliphatic heterocycles. The number of aromatic nitrogens is 1. The Kier molecular flexibility index (Phi) is 2.37. The Bertz CT molecular complexity index is 551. The average molecular weight is 225 g/mol. The van der Waals surface area contributed by atoms with Gasteiger partial charge in [0.2, 0.25) is 0 Å². The van der Waals surface area contributed by atoms with Gasteiger partial charge in [0.05, 0.1) is 5.92 Å². The number of carbonyl (C=O) groups excluding carboxylic acids is 1. The summed E-state index contributed by atoms with van der Waals surface area (Å²) in [6.07, 6.45) is 3.26. The predicted octanol–water partition coefficient (Wildman–Crippen LogP) is 2.44. The molecule has 0 aliphatic carbocycles. The van der Waals surface area contributed by atoms with Gasteiger partial charge in [0, 0.05) is 23.5 Å². The molecule has 1 atom stereocenters. The second-order valence-electron chi connectivity index (χ2n) is 4.01. The van der Waals surface area contributed by atoms with Crippen molar-refractivity contribution in [3.05, 3.63) is 59.9 Å². The zero-order valence-electron chi connectivity index (χ0n) is 9.17. The van der Waals surface area contributed by atoms with Gasteiger partial charge in [0.1, 0.15) is 12.4 Å². The van der Waals surface area contributed by atoms with E-state index in [4.69, 9.17) is 4.74 Å². The first-order chi connectivity index (χ1) is 8.36. The predicted molar refractivity (Wildman–Crippen MR) is 63.2 cm³/mol. The summed E-state index contributed by atoms with van der Waals surface area (Å²) in [5, 5.41) is 0. The third-order valence-electron chi connectivity index (χ3n) is 2.96. The number of rotatable bonds is 2. The van der Waals surface area contributed by atoms with Gasteiger partial charge in [-0.1, -0.05) is 18.2 Å². The van der Waals surface area contributed by atoms with Gasteiger partial charge in [0.15, 0.2) is 5.78 Å². The maximum atomic E-state index is 12.3. The summed E-state index contributed by atoms with van der Waals surface area (Å²) in [7, 11) is 0. The molecule has 0 bridgehead atoms. The van der Waals surface area contributed by atoms with E-state index in [1.54, 1.807) is 24.5 Å². The van der Waals surface area contributed by atoms with E-state index in [-0.39, 0.29) is 11.7 Å². The first-order valence-electron chi connectivity index (χ1n) is 5.52. The van der Waals surface area contributed by atoms with E-state index in [0.29, 0.717) is 12.2 Å². The van der Waals surface area contributed by atoms with Gasteiger partial charge in [-0.3, -0.25) is 9.78 Å². The largest absolute Gasteiger partial charge is 0.492 e. The van der Waals surface area contributed by atoms with E-state index in [9.17, 15) is 4.79 Å². The molecule has 1 aromatic carbocycles. The van der Waals surface area contributed by atoms with Crippen molar-refractivity contribution in [2.75, 3.05) is 6.61 Å². The van der Waals surface area contributed by atoms with E-state index in [0.717, 1.165) is 11.3 Å². The second-order valence-corrected chi connectivity index (χ2v) is 4.01. The van der Waals surface area contributed by atoms with E-state index < -0.39 is 0 Å². The van der Waals surface area contributed by atoms with Crippen molar-refractivity contribution in [1.82, 2.24) is 4.98 Å². The van der Waals surface area contributed by atoms with Crippen molar-refractivity contribution < 1.29 is 9.53 Å². The number of hydrogen-bond donors (Lipinski definition) is 0. The highest BCUT2D eigenvalue weighted by atomic mass is 16.5. The SMILES string of the molecule is O=C(c1cccnc1)C1COc2ccccc21. The molecule has 1 unspecified atom stereocenters. The summed E-state index contributed by atoms with van der Waals surface area (Å²) < 4.78 is 5.51. The normalized spacial score (nSPS) is 17.3. The lowest BCUT2D eigenvalue weighted by atomic mass is 9.93. The summed E-state index contributed by atoms with van der Waals surface area (Å²) in [6, 6.07) is 11.2. The zero-order chi connectivity index (χ0) is 11.7. The molecule has 1 aromatic heterocycles. The number of fused-ring (bicyclic) bond motifs is 1. The molecule has 2 aromatic rings. The molecule has 0 amide bonds. The molecule has 0 saturated carbocycles. The van der Waals surface area contributed by atoms with Crippen molar-refractivity contribution in [1.29, 1.82) is 0 Å². The van der Waals surface area contributed by atoms with Crippen LogP contribution in [0.15, 0.2) is 48.8 Å². The van der Waals surface area contributed by atoms with Gasteiger partial charge < -0.3 is 4.74 Å². The van der Waals surface area contributed by atoms with Crippen molar-refractivity contribution in [3.8, 4) is 5.75 Å². The fourth-order valence-corrected chi connectivity index (χ4v) is 2.09. The highest BCUT2D eigenvalue weighted by Crippen LogP contribution is 2.35. The van der Waals surface area contributed by atoms with Crippen LogP contribution in [0.4, 0.5) is 0 Å². The Morgan fingerprint density at radius 3 is 2.94 bits per heavy atom. The number of hydrogen-bond acceptors (Lipinski definition) is 3. The topological polar surface area (TPSA) is 39.2 Å². The number of nitrogens with zero attached hydrogens (tertiary/aromatic N) is 1. The van der Waals surface area contributed by atoms with Crippen LogP contribution in [0.3, 0.4) is 0 Å². The molecule has 3 nitrogen and oxygen atoms in total. The highest BCUT2D eigenvalue weighted by molar-refractivity contribution is 6.01. The lowest BCUT2D eigenvalue weighted by Gasteiger charge is -2.06. The third kappa shape index (κ3) is 1.69. The Morgan fingerprint density at radius 1 is 1.24 bits per heavy atom. The van der Waals surface area contributed by atoms with Crippen LogP contribution in [0.5, 0.6) is 5.75 Å².